The maximum absolute atomic E-state index is 12.6. The van der Waals surface area contributed by atoms with Crippen molar-refractivity contribution in [1.82, 2.24) is 9.97 Å². The molecule has 2 N–H and O–H groups in total. The highest BCUT2D eigenvalue weighted by Gasteiger charge is 2.33. The molecule has 2 aromatic heterocycles. The Morgan fingerprint density at radius 1 is 1.39 bits per heavy atom. The molecule has 0 aliphatic heterocycles. The third-order valence-electron chi connectivity index (χ3n) is 3.18. The third kappa shape index (κ3) is 3.00. The van der Waals surface area contributed by atoms with E-state index in [-0.39, 0.29) is 4.34 Å². The summed E-state index contributed by atoms with van der Waals surface area (Å²) >= 11 is 1.58. The lowest BCUT2D eigenvalue weighted by molar-refractivity contribution is -0.134. The van der Waals surface area contributed by atoms with Crippen LogP contribution in [0.2, 0.25) is 0 Å². The van der Waals surface area contributed by atoms with Crippen LogP contribution in [-0.4, -0.2) is 9.97 Å². The zero-order valence-electron chi connectivity index (χ0n) is 11.7. The van der Waals surface area contributed by atoms with Crippen LogP contribution in [0, 0.1) is 18.3 Å². The van der Waals surface area contributed by atoms with Crippen LogP contribution in [0.4, 0.5) is 18.9 Å². The highest BCUT2D eigenvalue weighted by molar-refractivity contribution is 8.02. The number of H-pyrrole nitrogens is 1. The highest BCUT2D eigenvalue weighted by Crippen LogP contribution is 2.37. The monoisotopic (exact) mass is 354 g/mol. The van der Waals surface area contributed by atoms with Gasteiger partial charge in [-0.3, -0.25) is 0 Å². The molecule has 0 saturated carbocycles. The van der Waals surface area contributed by atoms with Gasteiger partial charge in [0.15, 0.2) is 4.34 Å². The van der Waals surface area contributed by atoms with E-state index in [0.29, 0.717) is 22.6 Å². The molecular formula is C14H9F3N4S2. The first-order valence-corrected chi connectivity index (χ1v) is 8.00. The molecule has 3 rings (SSSR count). The second kappa shape index (κ2) is 5.79. The van der Waals surface area contributed by atoms with Crippen molar-refractivity contribution in [2.45, 2.75) is 17.4 Å². The number of halogens is 3. The van der Waals surface area contributed by atoms with E-state index in [1.165, 1.54) is 0 Å². The number of aryl methyl sites for hydroxylation is 1. The quantitative estimate of drug-likeness (QED) is 0.654. The first-order valence-electron chi connectivity index (χ1n) is 6.37. The Bertz CT molecular complexity index is 905. The minimum Gasteiger partial charge on any atom is -0.358 e. The van der Waals surface area contributed by atoms with Crippen molar-refractivity contribution >= 4 is 39.9 Å². The number of nitriles is 1. The van der Waals surface area contributed by atoms with E-state index < -0.39 is 11.1 Å². The fourth-order valence-corrected chi connectivity index (χ4v) is 3.68. The largest absolute Gasteiger partial charge is 0.427 e. The third-order valence-corrected chi connectivity index (χ3v) is 5.12. The number of hydrogen-bond donors (Lipinski definition) is 2. The van der Waals surface area contributed by atoms with Gasteiger partial charge in [0.2, 0.25) is 0 Å². The van der Waals surface area contributed by atoms with Crippen LogP contribution in [0.5, 0.6) is 0 Å². The Hall–Kier alpha value is -2.18. The molecule has 0 fully saturated rings. The van der Waals surface area contributed by atoms with Gasteiger partial charge in [-0.25, -0.2) is 4.98 Å². The zero-order valence-corrected chi connectivity index (χ0v) is 13.3. The van der Waals surface area contributed by atoms with Gasteiger partial charge in [0.05, 0.1) is 23.0 Å². The van der Waals surface area contributed by atoms with E-state index in [1.807, 2.05) is 13.0 Å². The highest BCUT2D eigenvalue weighted by atomic mass is 32.2. The number of aromatic amines is 1. The lowest BCUT2D eigenvalue weighted by Gasteiger charge is -2.06. The molecule has 0 aliphatic rings. The number of anilines is 1. The van der Waals surface area contributed by atoms with Crippen LogP contribution in [0.15, 0.2) is 28.9 Å². The molecule has 0 saturated heterocycles. The van der Waals surface area contributed by atoms with E-state index in [1.54, 1.807) is 12.3 Å². The van der Waals surface area contributed by atoms with E-state index in [4.69, 9.17) is 5.26 Å². The maximum atomic E-state index is 12.6. The fourth-order valence-electron chi connectivity index (χ4n) is 2.13. The molecule has 0 bridgehead atoms. The van der Waals surface area contributed by atoms with Crippen LogP contribution in [-0.2, 0) is 6.18 Å². The molecular weight excluding hydrogens is 345 g/mol. The second-order valence-electron chi connectivity index (χ2n) is 4.69. The van der Waals surface area contributed by atoms with Crippen LogP contribution < -0.4 is 4.72 Å². The van der Waals surface area contributed by atoms with Crippen molar-refractivity contribution in [3.05, 3.63) is 40.5 Å². The minimum absolute atomic E-state index is 0.262. The molecule has 4 nitrogen and oxygen atoms in total. The van der Waals surface area contributed by atoms with E-state index in [0.717, 1.165) is 34.6 Å². The number of alkyl halides is 3. The lowest BCUT2D eigenvalue weighted by atomic mass is 10.1. The van der Waals surface area contributed by atoms with Gasteiger partial charge in [-0.2, -0.15) is 18.4 Å². The molecule has 1 aromatic carbocycles. The molecule has 0 radical (unpaired) electrons. The van der Waals surface area contributed by atoms with E-state index in [9.17, 15) is 13.2 Å². The standard InChI is InChI=1S/C14H9F3N4S2/c1-7-2-3-9(12-11(7)8(4-18)5-19-12)21-23-13-20-6-10(22-13)14(15,16)17/h2-3,5-6,19,21H,1H3. The Labute approximate surface area is 137 Å². The van der Waals surface area contributed by atoms with Gasteiger partial charge in [0.25, 0.3) is 0 Å². The number of benzene rings is 1. The van der Waals surface area contributed by atoms with Gasteiger partial charge in [0, 0.05) is 23.5 Å². The molecule has 23 heavy (non-hydrogen) atoms. The molecule has 0 atom stereocenters. The Morgan fingerprint density at radius 2 is 2.17 bits per heavy atom. The predicted molar refractivity (Wildman–Crippen MR) is 84.3 cm³/mol. The van der Waals surface area contributed by atoms with Crippen LogP contribution in [0.3, 0.4) is 0 Å². The minimum atomic E-state index is -4.38. The molecule has 0 unspecified atom stereocenters. The molecule has 0 amide bonds. The van der Waals surface area contributed by atoms with Crippen molar-refractivity contribution in [2.24, 2.45) is 0 Å². The topological polar surface area (TPSA) is 64.5 Å². The van der Waals surface area contributed by atoms with Gasteiger partial charge in [-0.05, 0) is 18.6 Å². The average molecular weight is 354 g/mol. The lowest BCUT2D eigenvalue weighted by Crippen LogP contribution is -2.00. The van der Waals surface area contributed by atoms with Crippen molar-refractivity contribution in [3.8, 4) is 6.07 Å². The normalized spacial score (nSPS) is 11.6. The van der Waals surface area contributed by atoms with Crippen molar-refractivity contribution in [1.29, 1.82) is 5.26 Å². The van der Waals surface area contributed by atoms with Crippen LogP contribution in [0.1, 0.15) is 16.0 Å². The number of nitrogens with one attached hydrogen (secondary N) is 2. The zero-order chi connectivity index (χ0) is 16.6. The van der Waals surface area contributed by atoms with Crippen molar-refractivity contribution in [2.75, 3.05) is 4.72 Å². The Morgan fingerprint density at radius 3 is 2.83 bits per heavy atom. The van der Waals surface area contributed by atoms with Crippen molar-refractivity contribution < 1.29 is 13.2 Å². The number of fused-ring (bicyclic) bond motifs is 1. The molecule has 3 aromatic rings. The van der Waals surface area contributed by atoms with Crippen molar-refractivity contribution in [3.63, 3.8) is 0 Å². The number of nitrogens with zero attached hydrogens (tertiary/aromatic N) is 2. The number of aromatic nitrogens is 2. The second-order valence-corrected chi connectivity index (χ2v) is 6.77. The fraction of sp³-hybridized carbons (Fsp3) is 0.143. The van der Waals surface area contributed by atoms with Gasteiger partial charge in [0.1, 0.15) is 10.9 Å². The average Bonchev–Trinajstić information content (AvgIpc) is 3.13. The van der Waals surface area contributed by atoms with Gasteiger partial charge < -0.3 is 9.71 Å². The molecule has 0 spiro atoms. The molecule has 118 valence electrons. The summed E-state index contributed by atoms with van der Waals surface area (Å²) in [5, 5.41) is 9.92. The first-order chi connectivity index (χ1) is 10.9. The van der Waals surface area contributed by atoms with Crippen LogP contribution in [0.25, 0.3) is 10.9 Å². The number of thiazole rings is 1. The summed E-state index contributed by atoms with van der Waals surface area (Å²) in [6, 6.07) is 5.77. The maximum Gasteiger partial charge on any atom is 0.427 e. The summed E-state index contributed by atoms with van der Waals surface area (Å²) in [4.78, 5) is 6.04. The SMILES string of the molecule is Cc1ccc(NSc2ncc(C(F)(F)F)s2)c2[nH]cc(C#N)c12. The summed E-state index contributed by atoms with van der Waals surface area (Å²) in [6.45, 7) is 1.89. The Balaban J connectivity index is 1.86. The summed E-state index contributed by atoms with van der Waals surface area (Å²) < 4.78 is 40.9. The summed E-state index contributed by atoms with van der Waals surface area (Å²) in [7, 11) is 0. The summed E-state index contributed by atoms with van der Waals surface area (Å²) in [5.41, 5.74) is 2.89. The molecule has 9 heteroatoms. The molecule has 2 heterocycles. The van der Waals surface area contributed by atoms with Gasteiger partial charge in [-0.1, -0.05) is 6.07 Å². The smallest absolute Gasteiger partial charge is 0.358 e. The number of rotatable bonds is 3. The van der Waals surface area contributed by atoms with Gasteiger partial charge in [-0.15, -0.1) is 11.3 Å². The summed E-state index contributed by atoms with van der Waals surface area (Å²) in [6.07, 6.45) is -1.95. The van der Waals surface area contributed by atoms with Gasteiger partial charge >= 0.3 is 6.18 Å². The first kappa shape index (κ1) is 15.7. The number of hydrogen-bond acceptors (Lipinski definition) is 5. The Kier molecular flexibility index (Phi) is 3.95. The predicted octanol–water partition coefficient (Wildman–Crippen LogP) is 4.94. The van der Waals surface area contributed by atoms with E-state index in [2.05, 4.69) is 20.8 Å². The summed E-state index contributed by atoms with van der Waals surface area (Å²) in [5.74, 6) is 0. The van der Waals surface area contributed by atoms with E-state index >= 15 is 0 Å². The van der Waals surface area contributed by atoms with Crippen LogP contribution >= 0.6 is 23.3 Å². The molecule has 0 aliphatic carbocycles.